The Bertz CT molecular complexity index is 941. The highest BCUT2D eigenvalue weighted by atomic mass is 16.5. The Morgan fingerprint density at radius 1 is 1.13 bits per heavy atom. The van der Waals surface area contributed by atoms with Crippen LogP contribution in [0.5, 0.6) is 5.75 Å². The van der Waals surface area contributed by atoms with E-state index in [9.17, 15) is 0 Å². The molecule has 4 aliphatic heterocycles. The summed E-state index contributed by atoms with van der Waals surface area (Å²) >= 11 is 0. The standard InChI is InChI=1S/C23H30N6O/c1-26-11-8-17(9-12-26)10-13-29-16-24-18(22-23(29)25-15-27(22)2)14-21-28(3)19-6-4-5-7-20(19)30-21/h4-7,14,16-17H,8-13,15H2,1-3H3/b21-14-. The molecule has 1 aromatic carbocycles. The van der Waals surface area contributed by atoms with Crippen LogP contribution in [-0.4, -0.2) is 74.3 Å². The fraction of sp³-hybridized carbons (Fsp3) is 0.478. The third kappa shape index (κ3) is 3.47. The largest absolute Gasteiger partial charge is 0.439 e. The Morgan fingerprint density at radius 3 is 2.73 bits per heavy atom. The van der Waals surface area contributed by atoms with Crippen molar-refractivity contribution >= 4 is 17.9 Å². The lowest BCUT2D eigenvalue weighted by atomic mass is 9.93. The van der Waals surface area contributed by atoms with Crippen LogP contribution >= 0.6 is 0 Å². The van der Waals surface area contributed by atoms with Crippen molar-refractivity contribution in [1.29, 1.82) is 0 Å². The summed E-state index contributed by atoms with van der Waals surface area (Å²) in [7, 11) is 6.32. The first-order chi connectivity index (χ1) is 14.6. The SMILES string of the molecule is CN1CCC(CCN2C=NC(/C=C3\Oc4ccccc4N3C)=C3C2=NCN3C)CC1. The molecule has 1 fully saturated rings. The van der Waals surface area contributed by atoms with Crippen LogP contribution < -0.4 is 9.64 Å². The summed E-state index contributed by atoms with van der Waals surface area (Å²) in [6.45, 7) is 4.06. The van der Waals surface area contributed by atoms with E-state index in [4.69, 9.17) is 14.7 Å². The van der Waals surface area contributed by atoms with Crippen LogP contribution in [-0.2, 0) is 0 Å². The summed E-state index contributed by atoms with van der Waals surface area (Å²) in [6, 6.07) is 8.08. The predicted molar refractivity (Wildman–Crippen MR) is 121 cm³/mol. The molecular formula is C23H30N6O. The number of nitrogens with zero attached hydrogens (tertiary/aromatic N) is 6. The van der Waals surface area contributed by atoms with E-state index in [1.807, 2.05) is 37.7 Å². The van der Waals surface area contributed by atoms with Gasteiger partial charge in [0.05, 0.1) is 17.7 Å². The number of allylic oxidation sites excluding steroid dienone is 1. The zero-order valence-corrected chi connectivity index (χ0v) is 18.1. The molecule has 0 radical (unpaired) electrons. The smallest absolute Gasteiger partial charge is 0.202 e. The Kier molecular flexibility index (Phi) is 4.98. The second-order valence-electron chi connectivity index (χ2n) is 8.64. The third-order valence-electron chi connectivity index (χ3n) is 6.53. The van der Waals surface area contributed by atoms with Gasteiger partial charge in [-0.1, -0.05) is 12.1 Å². The van der Waals surface area contributed by atoms with Crippen molar-refractivity contribution < 1.29 is 4.74 Å². The molecule has 0 spiro atoms. The minimum atomic E-state index is 0.669. The van der Waals surface area contributed by atoms with Crippen LogP contribution in [0.2, 0.25) is 0 Å². The number of amidine groups is 1. The number of piperidine rings is 1. The second kappa shape index (κ2) is 7.80. The molecule has 1 aromatic rings. The molecule has 0 saturated carbocycles. The average Bonchev–Trinajstić information content (AvgIpc) is 3.30. The van der Waals surface area contributed by atoms with E-state index < -0.39 is 0 Å². The normalized spacial score (nSPS) is 23.2. The molecule has 4 aliphatic rings. The molecule has 0 unspecified atom stereocenters. The zero-order chi connectivity index (χ0) is 20.7. The maximum Gasteiger partial charge on any atom is 0.202 e. The Hall–Kier alpha value is -2.80. The van der Waals surface area contributed by atoms with Crippen LogP contribution in [0.1, 0.15) is 19.3 Å². The molecule has 30 heavy (non-hydrogen) atoms. The first kappa shape index (κ1) is 19.2. The zero-order valence-electron chi connectivity index (χ0n) is 18.1. The lowest BCUT2D eigenvalue weighted by Crippen LogP contribution is -2.38. The van der Waals surface area contributed by atoms with Crippen molar-refractivity contribution in [1.82, 2.24) is 14.7 Å². The van der Waals surface area contributed by atoms with Gasteiger partial charge in [-0.2, -0.15) is 0 Å². The molecule has 0 bridgehead atoms. The molecule has 7 nitrogen and oxygen atoms in total. The van der Waals surface area contributed by atoms with Crippen molar-refractivity contribution in [3.8, 4) is 5.75 Å². The monoisotopic (exact) mass is 406 g/mol. The number of likely N-dealkylation sites (N-methyl/N-ethyl adjacent to an activating group) is 1. The van der Waals surface area contributed by atoms with E-state index in [2.05, 4.69) is 39.8 Å². The highest BCUT2D eigenvalue weighted by molar-refractivity contribution is 6.07. The highest BCUT2D eigenvalue weighted by Gasteiger charge is 2.31. The summed E-state index contributed by atoms with van der Waals surface area (Å²) in [4.78, 5) is 18.5. The molecule has 1 saturated heterocycles. The van der Waals surface area contributed by atoms with Gasteiger partial charge in [-0.15, -0.1) is 0 Å². The highest BCUT2D eigenvalue weighted by Crippen LogP contribution is 2.38. The molecule has 0 aromatic heterocycles. The average molecular weight is 407 g/mol. The molecule has 158 valence electrons. The summed E-state index contributed by atoms with van der Waals surface area (Å²) in [5.41, 5.74) is 3.06. The van der Waals surface area contributed by atoms with Gasteiger partial charge in [-0.05, 0) is 57.5 Å². The first-order valence-corrected chi connectivity index (χ1v) is 10.8. The topological polar surface area (TPSA) is 46.9 Å². The summed E-state index contributed by atoms with van der Waals surface area (Å²) in [5, 5.41) is 0. The number of fused-ring (bicyclic) bond motifs is 2. The minimum absolute atomic E-state index is 0.669. The van der Waals surface area contributed by atoms with E-state index in [-0.39, 0.29) is 0 Å². The van der Waals surface area contributed by atoms with Crippen molar-refractivity contribution in [2.45, 2.75) is 19.3 Å². The predicted octanol–water partition coefficient (Wildman–Crippen LogP) is 2.95. The van der Waals surface area contributed by atoms with E-state index >= 15 is 0 Å². The van der Waals surface area contributed by atoms with Gasteiger partial charge < -0.3 is 24.3 Å². The molecule has 0 atom stereocenters. The quantitative estimate of drug-likeness (QED) is 0.769. The van der Waals surface area contributed by atoms with Gasteiger partial charge in [-0.3, -0.25) is 0 Å². The van der Waals surface area contributed by atoms with Gasteiger partial charge >= 0.3 is 0 Å². The van der Waals surface area contributed by atoms with Crippen LogP contribution in [0.4, 0.5) is 5.69 Å². The van der Waals surface area contributed by atoms with Gasteiger partial charge in [0.2, 0.25) is 5.88 Å². The second-order valence-corrected chi connectivity index (χ2v) is 8.64. The number of anilines is 1. The van der Waals surface area contributed by atoms with Crippen LogP contribution in [0.3, 0.4) is 0 Å². The number of likely N-dealkylation sites (tertiary alicyclic amines) is 1. The summed E-state index contributed by atoms with van der Waals surface area (Å²) in [5.74, 6) is 3.50. The minimum Gasteiger partial charge on any atom is -0.439 e. The summed E-state index contributed by atoms with van der Waals surface area (Å²) < 4.78 is 6.07. The van der Waals surface area contributed by atoms with Gasteiger partial charge in [-0.25, -0.2) is 9.98 Å². The van der Waals surface area contributed by atoms with Crippen LogP contribution in [0, 0.1) is 5.92 Å². The number of benzene rings is 1. The number of ether oxygens (including phenoxy) is 1. The Balaban J connectivity index is 1.33. The van der Waals surface area contributed by atoms with Crippen molar-refractivity contribution in [2.75, 3.05) is 52.3 Å². The number of para-hydroxylation sites is 2. The van der Waals surface area contributed by atoms with Gasteiger partial charge in [0.25, 0.3) is 0 Å². The number of rotatable bonds is 4. The fourth-order valence-corrected chi connectivity index (χ4v) is 4.58. The van der Waals surface area contributed by atoms with Crippen LogP contribution in [0.25, 0.3) is 0 Å². The number of aliphatic imine (C=N–C) groups is 2. The molecule has 5 rings (SSSR count). The van der Waals surface area contributed by atoms with Gasteiger partial charge in [0.15, 0.2) is 11.6 Å². The van der Waals surface area contributed by atoms with E-state index in [1.165, 1.54) is 32.4 Å². The van der Waals surface area contributed by atoms with E-state index in [0.717, 1.165) is 47.0 Å². The Labute approximate surface area is 178 Å². The van der Waals surface area contributed by atoms with Crippen molar-refractivity contribution in [3.63, 3.8) is 0 Å². The summed E-state index contributed by atoms with van der Waals surface area (Å²) in [6.07, 6.45) is 7.74. The lowest BCUT2D eigenvalue weighted by molar-refractivity contribution is 0.209. The van der Waals surface area contributed by atoms with Gasteiger partial charge in [0, 0.05) is 26.7 Å². The van der Waals surface area contributed by atoms with Crippen molar-refractivity contribution in [2.24, 2.45) is 15.9 Å². The first-order valence-electron chi connectivity index (χ1n) is 10.8. The third-order valence-corrected chi connectivity index (χ3v) is 6.53. The van der Waals surface area contributed by atoms with Gasteiger partial charge in [0.1, 0.15) is 12.4 Å². The number of hydrogen-bond acceptors (Lipinski definition) is 7. The Morgan fingerprint density at radius 2 is 1.93 bits per heavy atom. The molecular weight excluding hydrogens is 376 g/mol. The van der Waals surface area contributed by atoms with Crippen LogP contribution in [0.15, 0.2) is 57.6 Å². The number of hydrogen-bond donors (Lipinski definition) is 0. The molecule has 0 amide bonds. The molecule has 7 heteroatoms. The lowest BCUT2D eigenvalue weighted by Gasteiger charge is -2.31. The fourth-order valence-electron chi connectivity index (χ4n) is 4.58. The maximum absolute atomic E-state index is 6.07. The maximum atomic E-state index is 6.07. The van der Waals surface area contributed by atoms with E-state index in [0.29, 0.717) is 6.67 Å². The van der Waals surface area contributed by atoms with E-state index in [1.54, 1.807) is 0 Å². The van der Waals surface area contributed by atoms with Crippen molar-refractivity contribution in [3.05, 3.63) is 47.6 Å². The molecule has 4 heterocycles. The molecule has 0 N–H and O–H groups in total. The molecule has 0 aliphatic carbocycles.